The highest BCUT2D eigenvalue weighted by Crippen LogP contribution is 2.28. The summed E-state index contributed by atoms with van der Waals surface area (Å²) in [5.74, 6) is 6.42. The fourth-order valence-electron chi connectivity index (χ4n) is 4.87. The number of nitrogens with zero attached hydrogens (tertiary/aromatic N) is 5. The molecule has 0 spiro atoms. The van der Waals surface area contributed by atoms with Crippen molar-refractivity contribution in [1.29, 1.82) is 0 Å². The Bertz CT molecular complexity index is 1470. The highest BCUT2D eigenvalue weighted by atomic mass is 16.7. The summed E-state index contributed by atoms with van der Waals surface area (Å²) in [7, 11) is 1.50. The van der Waals surface area contributed by atoms with Crippen LogP contribution in [0.3, 0.4) is 0 Å². The third-order valence-corrected chi connectivity index (χ3v) is 6.64. The Morgan fingerprint density at radius 3 is 2.67 bits per heavy atom. The molecule has 0 aliphatic carbocycles. The maximum absolute atomic E-state index is 13.7. The second kappa shape index (κ2) is 10.4. The van der Waals surface area contributed by atoms with Crippen molar-refractivity contribution in [2.24, 2.45) is 5.73 Å². The van der Waals surface area contributed by atoms with E-state index >= 15 is 0 Å². The Balaban J connectivity index is 1.51. The van der Waals surface area contributed by atoms with E-state index in [2.05, 4.69) is 33.9 Å². The number of hydroxylamine groups is 2. The molecule has 4 aromatic rings. The number of para-hydroxylation sites is 1. The van der Waals surface area contributed by atoms with Gasteiger partial charge >= 0.3 is 0 Å². The molecule has 1 unspecified atom stereocenters. The van der Waals surface area contributed by atoms with Crippen LogP contribution < -0.4 is 10.6 Å². The van der Waals surface area contributed by atoms with Crippen molar-refractivity contribution in [2.75, 3.05) is 25.1 Å². The van der Waals surface area contributed by atoms with E-state index in [1.807, 2.05) is 41.0 Å². The van der Waals surface area contributed by atoms with Crippen molar-refractivity contribution in [3.63, 3.8) is 0 Å². The topological polar surface area (TPSA) is 89.5 Å². The van der Waals surface area contributed by atoms with Gasteiger partial charge in [-0.05, 0) is 31.2 Å². The zero-order valence-electron chi connectivity index (χ0n) is 20.6. The van der Waals surface area contributed by atoms with Crippen molar-refractivity contribution in [3.05, 3.63) is 66.1 Å². The van der Waals surface area contributed by atoms with E-state index in [0.717, 1.165) is 46.8 Å². The summed E-state index contributed by atoms with van der Waals surface area (Å²) in [5, 5.41) is 4.49. The van der Waals surface area contributed by atoms with Gasteiger partial charge in [-0.1, -0.05) is 48.4 Å². The number of carbonyl (C=O) groups is 1. The van der Waals surface area contributed by atoms with Crippen molar-refractivity contribution < 1.29 is 9.63 Å². The number of hydrogen-bond donors (Lipinski definition) is 1. The van der Waals surface area contributed by atoms with Gasteiger partial charge in [-0.2, -0.15) is 0 Å². The molecule has 0 bridgehead atoms. The number of rotatable bonds is 6. The Kier molecular flexibility index (Phi) is 6.85. The number of benzene rings is 2. The Labute approximate surface area is 210 Å². The molecule has 184 valence electrons. The van der Waals surface area contributed by atoms with Gasteiger partial charge in [0.1, 0.15) is 5.69 Å². The quantitative estimate of drug-likeness (QED) is 0.256. The van der Waals surface area contributed by atoms with Gasteiger partial charge in [0.25, 0.3) is 5.91 Å². The molecule has 1 atom stereocenters. The maximum Gasteiger partial charge on any atom is 0.296 e. The predicted octanol–water partition coefficient (Wildman–Crippen LogP) is 3.74. The van der Waals surface area contributed by atoms with Crippen LogP contribution in [-0.4, -0.2) is 51.7 Å². The van der Waals surface area contributed by atoms with Crippen LogP contribution in [-0.2, 0) is 17.9 Å². The molecular weight excluding hydrogens is 452 g/mol. The van der Waals surface area contributed by atoms with E-state index in [9.17, 15) is 4.79 Å². The molecule has 1 aliphatic heterocycles. The number of nitrogens with two attached hydrogens (primary N) is 1. The van der Waals surface area contributed by atoms with Crippen molar-refractivity contribution in [1.82, 2.24) is 19.6 Å². The number of hydrogen-bond acceptors (Lipinski definition) is 6. The Hall–Kier alpha value is -3.93. The molecule has 2 N–H and O–H groups in total. The molecule has 0 radical (unpaired) electrons. The van der Waals surface area contributed by atoms with Gasteiger partial charge in [-0.15, -0.1) is 5.92 Å². The van der Waals surface area contributed by atoms with E-state index in [0.29, 0.717) is 24.7 Å². The average Bonchev–Trinajstić information content (AvgIpc) is 3.34. The first kappa shape index (κ1) is 23.8. The van der Waals surface area contributed by atoms with E-state index < -0.39 is 0 Å². The summed E-state index contributed by atoms with van der Waals surface area (Å²) in [6.45, 7) is 3.87. The summed E-state index contributed by atoms with van der Waals surface area (Å²) >= 11 is 0. The number of pyridine rings is 1. The monoisotopic (exact) mass is 482 g/mol. The Morgan fingerprint density at radius 2 is 1.92 bits per heavy atom. The van der Waals surface area contributed by atoms with Crippen LogP contribution in [0.5, 0.6) is 0 Å². The molecule has 1 saturated heterocycles. The van der Waals surface area contributed by atoms with Crippen molar-refractivity contribution in [3.8, 4) is 11.8 Å². The first-order chi connectivity index (χ1) is 17.6. The van der Waals surface area contributed by atoms with Crippen LogP contribution in [0.25, 0.3) is 21.7 Å². The number of carbonyl (C=O) groups excluding carboxylic acids is 1. The normalized spacial score (nSPS) is 15.6. The Morgan fingerprint density at radius 1 is 1.17 bits per heavy atom. The van der Waals surface area contributed by atoms with Gasteiger partial charge in [0.2, 0.25) is 5.95 Å². The zero-order valence-corrected chi connectivity index (χ0v) is 20.6. The lowest BCUT2D eigenvalue weighted by Crippen LogP contribution is -2.44. The summed E-state index contributed by atoms with van der Waals surface area (Å²) in [4.78, 5) is 31.0. The zero-order chi connectivity index (χ0) is 25.1. The summed E-state index contributed by atoms with van der Waals surface area (Å²) in [6, 6.07) is 16.2. The molecule has 1 fully saturated rings. The molecule has 36 heavy (non-hydrogen) atoms. The van der Waals surface area contributed by atoms with Crippen LogP contribution in [0.15, 0.2) is 54.7 Å². The fraction of sp³-hybridized carbons (Fsp3) is 0.321. The number of fused-ring (bicyclic) bond motifs is 3. The minimum Gasteiger partial charge on any atom is -0.341 e. The van der Waals surface area contributed by atoms with E-state index in [1.54, 1.807) is 13.1 Å². The van der Waals surface area contributed by atoms with Crippen LogP contribution in [0, 0.1) is 11.8 Å². The first-order valence-corrected chi connectivity index (χ1v) is 12.2. The van der Waals surface area contributed by atoms with Crippen LogP contribution in [0.1, 0.15) is 35.9 Å². The second-order valence-electron chi connectivity index (χ2n) is 8.95. The van der Waals surface area contributed by atoms with E-state index in [1.165, 1.54) is 12.2 Å². The minimum absolute atomic E-state index is 0.0862. The smallest absolute Gasteiger partial charge is 0.296 e. The molecule has 8 heteroatoms. The van der Waals surface area contributed by atoms with Gasteiger partial charge in [0.05, 0.1) is 37.6 Å². The number of aromatic nitrogens is 3. The number of piperidine rings is 1. The minimum atomic E-state index is -0.297. The number of anilines is 1. The lowest BCUT2D eigenvalue weighted by atomic mass is 10.0. The fourth-order valence-corrected chi connectivity index (χ4v) is 4.87. The van der Waals surface area contributed by atoms with Gasteiger partial charge in [0.15, 0.2) is 0 Å². The molecule has 0 saturated carbocycles. The van der Waals surface area contributed by atoms with Crippen molar-refractivity contribution in [2.45, 2.75) is 38.9 Å². The van der Waals surface area contributed by atoms with Gasteiger partial charge in [-0.3, -0.25) is 19.2 Å². The molecule has 8 nitrogen and oxygen atoms in total. The maximum atomic E-state index is 13.7. The van der Waals surface area contributed by atoms with E-state index in [-0.39, 0.29) is 18.5 Å². The largest absolute Gasteiger partial charge is 0.341 e. The molecule has 2 aromatic heterocycles. The van der Waals surface area contributed by atoms with Crippen molar-refractivity contribution >= 4 is 33.5 Å². The van der Waals surface area contributed by atoms with Crippen LogP contribution in [0.4, 0.5) is 5.95 Å². The van der Waals surface area contributed by atoms with Gasteiger partial charge in [-0.25, -0.2) is 10.0 Å². The summed E-state index contributed by atoms with van der Waals surface area (Å²) < 4.78 is 1.86. The molecule has 5 rings (SSSR count). The SMILES string of the molecule is CC#CCn1c(C(=O)N(Cc2nc3ccccc3c3ccccc23)OC)cnc1N1CCCC(N)C1. The summed E-state index contributed by atoms with van der Waals surface area (Å²) in [6.07, 6.45) is 3.58. The van der Waals surface area contributed by atoms with Gasteiger partial charge in [0, 0.05) is 29.9 Å². The third-order valence-electron chi connectivity index (χ3n) is 6.64. The molecular formula is C28H30N6O2. The standard InChI is InChI=1S/C28H30N6O2/c1-3-4-16-33-26(17-30-28(33)32-15-9-10-20(29)18-32)27(35)34(36-2)19-25-23-13-6-5-11-21(23)22-12-7-8-14-24(22)31-25/h5-8,11-14,17,20H,9-10,15-16,18-19,29H2,1-2H3. The average molecular weight is 483 g/mol. The molecule has 3 heterocycles. The highest BCUT2D eigenvalue weighted by Gasteiger charge is 2.27. The lowest BCUT2D eigenvalue weighted by Gasteiger charge is -2.32. The highest BCUT2D eigenvalue weighted by molar-refractivity contribution is 6.06. The van der Waals surface area contributed by atoms with Crippen LogP contribution in [0.2, 0.25) is 0 Å². The molecule has 1 aliphatic rings. The van der Waals surface area contributed by atoms with Gasteiger partial charge < -0.3 is 10.6 Å². The lowest BCUT2D eigenvalue weighted by molar-refractivity contribution is -0.102. The first-order valence-electron chi connectivity index (χ1n) is 12.2. The molecule has 2 aromatic carbocycles. The second-order valence-corrected chi connectivity index (χ2v) is 8.95. The molecule has 1 amide bonds. The number of amides is 1. The summed E-state index contributed by atoms with van der Waals surface area (Å²) in [5.41, 5.74) is 8.27. The van der Waals surface area contributed by atoms with Crippen LogP contribution >= 0.6 is 0 Å². The third kappa shape index (κ3) is 4.51. The van der Waals surface area contributed by atoms with E-state index in [4.69, 9.17) is 15.6 Å². The number of imidazole rings is 1. The predicted molar refractivity (Wildman–Crippen MR) is 141 cm³/mol.